The van der Waals surface area contributed by atoms with Crippen LogP contribution in [0.3, 0.4) is 0 Å². The average molecular weight is 447 g/mol. The van der Waals surface area contributed by atoms with Crippen LogP contribution in [0.25, 0.3) is 5.65 Å². The number of carbonyl (C=O) groups excluding carboxylic acids is 2. The Kier molecular flexibility index (Phi) is 6.42. The molecule has 0 atom stereocenters. The third-order valence-corrected chi connectivity index (χ3v) is 5.63. The van der Waals surface area contributed by atoms with Crippen molar-refractivity contribution in [3.05, 3.63) is 90.4 Å². The maximum absolute atomic E-state index is 12.7. The lowest BCUT2D eigenvalue weighted by atomic mass is 10.2. The van der Waals surface area contributed by atoms with E-state index >= 15 is 0 Å². The van der Waals surface area contributed by atoms with Gasteiger partial charge in [0.1, 0.15) is 18.0 Å². The number of benzene rings is 2. The van der Waals surface area contributed by atoms with Crippen molar-refractivity contribution < 1.29 is 14.3 Å². The highest BCUT2D eigenvalue weighted by Crippen LogP contribution is 2.23. The minimum Gasteiger partial charge on any atom is -0.487 e. The highest BCUT2D eigenvalue weighted by molar-refractivity contribution is 8.13. The van der Waals surface area contributed by atoms with Crippen molar-refractivity contribution in [1.82, 2.24) is 14.3 Å². The molecular weight excluding hydrogens is 424 g/mol. The molecule has 2 aromatic heterocycles. The third-order valence-electron chi connectivity index (χ3n) is 4.58. The first-order valence-electron chi connectivity index (χ1n) is 9.94. The second-order valence-electron chi connectivity index (χ2n) is 7.26. The Labute approximate surface area is 190 Å². The molecule has 0 aliphatic heterocycles. The fraction of sp³-hybridized carbons (Fsp3) is 0.125. The maximum atomic E-state index is 12.7. The van der Waals surface area contributed by atoms with E-state index in [2.05, 4.69) is 10.3 Å². The molecule has 0 radical (unpaired) electrons. The van der Waals surface area contributed by atoms with Gasteiger partial charge in [-0.25, -0.2) is 4.98 Å². The van der Waals surface area contributed by atoms with Crippen LogP contribution in [-0.2, 0) is 6.61 Å². The number of amides is 2. The normalized spacial score (nSPS) is 10.7. The van der Waals surface area contributed by atoms with Crippen LogP contribution in [0.2, 0.25) is 0 Å². The molecule has 0 bridgehead atoms. The van der Waals surface area contributed by atoms with Gasteiger partial charge >= 0.3 is 0 Å². The smallest absolute Gasteiger partial charge is 0.285 e. The Hall–Kier alpha value is -3.78. The maximum Gasteiger partial charge on any atom is 0.285 e. The number of rotatable bonds is 6. The molecule has 32 heavy (non-hydrogen) atoms. The zero-order chi connectivity index (χ0) is 22.5. The number of fused-ring (bicyclic) bond motifs is 1. The molecule has 0 saturated heterocycles. The van der Waals surface area contributed by atoms with Crippen LogP contribution in [0.4, 0.5) is 10.5 Å². The number of carbonyl (C=O) groups is 2. The van der Waals surface area contributed by atoms with Gasteiger partial charge in [0, 0.05) is 42.6 Å². The van der Waals surface area contributed by atoms with Crippen molar-refractivity contribution >= 4 is 34.2 Å². The van der Waals surface area contributed by atoms with Crippen molar-refractivity contribution in [2.45, 2.75) is 11.5 Å². The molecule has 0 fully saturated rings. The molecular formula is C24H22N4O3S. The van der Waals surface area contributed by atoms with Crippen LogP contribution in [0.1, 0.15) is 16.1 Å². The minimum absolute atomic E-state index is 0.0535. The van der Waals surface area contributed by atoms with Crippen molar-refractivity contribution in [3.8, 4) is 5.75 Å². The number of pyridine rings is 1. The molecule has 162 valence electrons. The molecule has 2 aromatic carbocycles. The predicted molar refractivity (Wildman–Crippen MR) is 125 cm³/mol. The van der Waals surface area contributed by atoms with Gasteiger partial charge < -0.3 is 19.4 Å². The first-order valence-corrected chi connectivity index (χ1v) is 10.8. The Morgan fingerprint density at radius 2 is 1.88 bits per heavy atom. The summed E-state index contributed by atoms with van der Waals surface area (Å²) in [6.45, 7) is 0.303. The third kappa shape index (κ3) is 5.28. The lowest BCUT2D eigenvalue weighted by molar-refractivity contribution is 0.102. The monoisotopic (exact) mass is 446 g/mol. The zero-order valence-electron chi connectivity index (χ0n) is 17.7. The summed E-state index contributed by atoms with van der Waals surface area (Å²) in [4.78, 5) is 31.3. The van der Waals surface area contributed by atoms with Crippen molar-refractivity contribution in [2.75, 3.05) is 19.4 Å². The summed E-state index contributed by atoms with van der Waals surface area (Å²) in [6, 6.07) is 20.0. The minimum atomic E-state index is -0.243. The summed E-state index contributed by atoms with van der Waals surface area (Å²) >= 11 is 1.13. The SMILES string of the molecule is CN(C)C(=O)Sc1ccc(NC(=O)c2cccc(OCc3cn4ccccc4n3)c2)cc1. The number of aromatic nitrogens is 2. The second-order valence-corrected chi connectivity index (χ2v) is 8.28. The van der Waals surface area contributed by atoms with Gasteiger partial charge in [0.2, 0.25) is 0 Å². The molecule has 7 nitrogen and oxygen atoms in total. The highest BCUT2D eigenvalue weighted by Gasteiger charge is 2.10. The largest absolute Gasteiger partial charge is 0.487 e. The lowest BCUT2D eigenvalue weighted by Crippen LogP contribution is -2.16. The van der Waals surface area contributed by atoms with Crippen molar-refractivity contribution in [2.24, 2.45) is 0 Å². The van der Waals surface area contributed by atoms with Gasteiger partial charge in [-0.15, -0.1) is 0 Å². The van der Waals surface area contributed by atoms with Crippen LogP contribution in [0.5, 0.6) is 5.75 Å². The summed E-state index contributed by atoms with van der Waals surface area (Å²) in [7, 11) is 3.42. The first kappa shape index (κ1) is 21.5. The van der Waals surface area contributed by atoms with E-state index in [0.717, 1.165) is 28.0 Å². The standard InChI is InChI=1S/C24H22N4O3S/c1-27(2)24(30)32-21-11-9-18(10-12-21)26-23(29)17-6-5-7-20(14-17)31-16-19-15-28-13-4-3-8-22(28)25-19/h3-15H,16H2,1-2H3,(H,26,29). The number of thioether (sulfide) groups is 1. The number of imidazole rings is 1. The van der Waals surface area contributed by atoms with Crippen molar-refractivity contribution in [3.63, 3.8) is 0 Å². The fourth-order valence-electron chi connectivity index (χ4n) is 2.94. The number of hydrogen-bond acceptors (Lipinski definition) is 5. The van der Waals surface area contributed by atoms with Crippen LogP contribution < -0.4 is 10.1 Å². The number of nitrogens with one attached hydrogen (secondary N) is 1. The quantitative estimate of drug-likeness (QED) is 0.425. The molecule has 0 aliphatic rings. The predicted octanol–water partition coefficient (Wildman–Crippen LogP) is 4.94. The van der Waals surface area contributed by atoms with Gasteiger partial charge in [0.15, 0.2) is 0 Å². The van der Waals surface area contributed by atoms with E-state index in [9.17, 15) is 9.59 Å². The Morgan fingerprint density at radius 1 is 1.06 bits per heavy atom. The van der Waals surface area contributed by atoms with E-state index in [1.54, 1.807) is 62.6 Å². The van der Waals surface area contributed by atoms with E-state index < -0.39 is 0 Å². The van der Waals surface area contributed by atoms with Crippen LogP contribution in [-0.4, -0.2) is 39.5 Å². The highest BCUT2D eigenvalue weighted by atomic mass is 32.2. The summed E-state index contributed by atoms with van der Waals surface area (Å²) < 4.78 is 7.77. The van der Waals surface area contributed by atoms with Gasteiger partial charge in [-0.05, 0) is 66.4 Å². The topological polar surface area (TPSA) is 75.9 Å². The fourth-order valence-corrected chi connectivity index (χ4v) is 3.60. The Morgan fingerprint density at radius 3 is 2.62 bits per heavy atom. The van der Waals surface area contributed by atoms with E-state index in [0.29, 0.717) is 23.6 Å². The molecule has 2 amide bonds. The van der Waals surface area contributed by atoms with Gasteiger partial charge in [0.25, 0.3) is 11.1 Å². The number of hydrogen-bond donors (Lipinski definition) is 1. The summed E-state index contributed by atoms with van der Waals surface area (Å²) in [5.41, 5.74) is 2.79. The van der Waals surface area contributed by atoms with Crippen LogP contribution >= 0.6 is 11.8 Å². The number of anilines is 1. The molecule has 0 spiro atoms. The Balaban J connectivity index is 1.37. The first-order chi connectivity index (χ1) is 15.5. The second kappa shape index (κ2) is 9.57. The summed E-state index contributed by atoms with van der Waals surface area (Å²) in [6.07, 6.45) is 3.85. The Bertz CT molecular complexity index is 1220. The van der Waals surface area contributed by atoms with E-state index in [-0.39, 0.29) is 11.1 Å². The molecule has 1 N–H and O–H groups in total. The van der Waals surface area contributed by atoms with E-state index in [1.807, 2.05) is 35.0 Å². The molecule has 2 heterocycles. The molecule has 0 aliphatic carbocycles. The summed E-state index contributed by atoms with van der Waals surface area (Å²) in [5.74, 6) is 0.344. The molecule has 0 saturated carbocycles. The molecule has 4 aromatic rings. The van der Waals surface area contributed by atoms with E-state index in [1.165, 1.54) is 4.90 Å². The molecule has 4 rings (SSSR count). The van der Waals surface area contributed by atoms with Crippen molar-refractivity contribution in [1.29, 1.82) is 0 Å². The molecule has 0 unspecified atom stereocenters. The van der Waals surface area contributed by atoms with Crippen LogP contribution in [0, 0.1) is 0 Å². The van der Waals surface area contributed by atoms with Gasteiger partial charge in [-0.1, -0.05) is 12.1 Å². The number of ether oxygens (including phenoxy) is 1. The van der Waals surface area contributed by atoms with Gasteiger partial charge in [-0.3, -0.25) is 9.59 Å². The van der Waals surface area contributed by atoms with Crippen LogP contribution in [0.15, 0.2) is 84.0 Å². The number of nitrogens with zero attached hydrogens (tertiary/aromatic N) is 3. The zero-order valence-corrected chi connectivity index (χ0v) is 18.5. The van der Waals surface area contributed by atoms with Gasteiger partial charge in [-0.2, -0.15) is 0 Å². The lowest BCUT2D eigenvalue weighted by Gasteiger charge is -2.10. The van der Waals surface area contributed by atoms with Gasteiger partial charge in [0.05, 0.1) is 5.69 Å². The molecule has 8 heteroatoms. The average Bonchev–Trinajstić information content (AvgIpc) is 3.22. The summed E-state index contributed by atoms with van der Waals surface area (Å²) in [5, 5.41) is 2.81. The van der Waals surface area contributed by atoms with E-state index in [4.69, 9.17) is 4.74 Å².